The van der Waals surface area contributed by atoms with Gasteiger partial charge in [-0.3, -0.25) is 0 Å². The van der Waals surface area contributed by atoms with Gasteiger partial charge in [-0.1, -0.05) is 20.8 Å². The highest BCUT2D eigenvalue weighted by molar-refractivity contribution is 4.86. The third kappa shape index (κ3) is 5.05. The van der Waals surface area contributed by atoms with Crippen molar-refractivity contribution in [3.05, 3.63) is 0 Å². The van der Waals surface area contributed by atoms with Crippen LogP contribution in [0.1, 0.15) is 46.5 Å². The van der Waals surface area contributed by atoms with Crippen molar-refractivity contribution in [2.75, 3.05) is 39.8 Å². The Morgan fingerprint density at radius 1 is 1.16 bits per heavy atom. The topological polar surface area (TPSA) is 18.5 Å². The molecule has 1 aliphatic carbocycles. The fourth-order valence-corrected chi connectivity index (χ4v) is 3.24. The van der Waals surface area contributed by atoms with Gasteiger partial charge in [0.05, 0.1) is 0 Å². The quantitative estimate of drug-likeness (QED) is 0.763. The van der Waals surface area contributed by atoms with E-state index in [1.807, 2.05) is 0 Å². The SMILES string of the molecule is CCN1CCC(N(C)CC(C)(C)CNC2CC2)CC1. The van der Waals surface area contributed by atoms with Crippen molar-refractivity contribution >= 4 is 0 Å². The largest absolute Gasteiger partial charge is 0.313 e. The molecule has 2 fully saturated rings. The lowest BCUT2D eigenvalue weighted by Crippen LogP contribution is -2.47. The molecule has 0 amide bonds. The summed E-state index contributed by atoms with van der Waals surface area (Å²) in [5.41, 5.74) is 0.388. The van der Waals surface area contributed by atoms with Gasteiger partial charge >= 0.3 is 0 Å². The first-order valence-electron chi connectivity index (χ1n) is 8.16. The van der Waals surface area contributed by atoms with Crippen LogP contribution in [0.2, 0.25) is 0 Å². The van der Waals surface area contributed by atoms with E-state index >= 15 is 0 Å². The van der Waals surface area contributed by atoms with Crippen LogP contribution in [-0.4, -0.2) is 61.7 Å². The number of likely N-dealkylation sites (tertiary alicyclic amines) is 1. The second-order valence-corrected chi connectivity index (χ2v) is 7.40. The summed E-state index contributed by atoms with van der Waals surface area (Å²) in [6.45, 7) is 13.2. The number of hydrogen-bond acceptors (Lipinski definition) is 3. The summed E-state index contributed by atoms with van der Waals surface area (Å²) in [4.78, 5) is 5.19. The Labute approximate surface area is 119 Å². The maximum atomic E-state index is 3.69. The first kappa shape index (κ1) is 15.3. The van der Waals surface area contributed by atoms with Gasteiger partial charge in [-0.05, 0) is 57.8 Å². The van der Waals surface area contributed by atoms with Gasteiger partial charge in [0.1, 0.15) is 0 Å². The van der Waals surface area contributed by atoms with Gasteiger partial charge in [0.2, 0.25) is 0 Å². The Kier molecular flexibility index (Phi) is 5.27. The minimum absolute atomic E-state index is 0.388. The second-order valence-electron chi connectivity index (χ2n) is 7.40. The molecule has 0 atom stereocenters. The van der Waals surface area contributed by atoms with E-state index in [2.05, 4.69) is 42.9 Å². The Morgan fingerprint density at radius 2 is 1.79 bits per heavy atom. The van der Waals surface area contributed by atoms with Crippen molar-refractivity contribution in [3.8, 4) is 0 Å². The van der Waals surface area contributed by atoms with Gasteiger partial charge in [-0.15, -0.1) is 0 Å². The summed E-state index contributed by atoms with van der Waals surface area (Å²) in [5.74, 6) is 0. The van der Waals surface area contributed by atoms with Crippen LogP contribution in [0.15, 0.2) is 0 Å². The molecule has 3 heteroatoms. The van der Waals surface area contributed by atoms with Crippen LogP contribution in [-0.2, 0) is 0 Å². The molecule has 2 rings (SSSR count). The molecule has 0 aromatic rings. The molecule has 0 bridgehead atoms. The third-order valence-electron chi connectivity index (χ3n) is 4.75. The minimum atomic E-state index is 0.388. The highest BCUT2D eigenvalue weighted by Crippen LogP contribution is 2.24. The van der Waals surface area contributed by atoms with Gasteiger partial charge in [-0.25, -0.2) is 0 Å². The molecule has 0 radical (unpaired) electrons. The van der Waals surface area contributed by atoms with Gasteiger partial charge in [-0.2, -0.15) is 0 Å². The molecule has 2 aliphatic rings. The maximum Gasteiger partial charge on any atom is 0.0117 e. The van der Waals surface area contributed by atoms with Crippen molar-refractivity contribution < 1.29 is 0 Å². The van der Waals surface area contributed by atoms with E-state index in [0.717, 1.165) is 18.6 Å². The fraction of sp³-hybridized carbons (Fsp3) is 1.00. The molecule has 1 saturated carbocycles. The molecule has 0 aromatic heterocycles. The second kappa shape index (κ2) is 6.55. The molecular formula is C16H33N3. The molecule has 19 heavy (non-hydrogen) atoms. The lowest BCUT2D eigenvalue weighted by atomic mass is 9.91. The normalized spacial score (nSPS) is 23.2. The number of rotatable bonds is 7. The molecule has 1 aliphatic heterocycles. The highest BCUT2D eigenvalue weighted by Gasteiger charge is 2.29. The number of nitrogens with zero attached hydrogens (tertiary/aromatic N) is 2. The predicted octanol–water partition coefficient (Wildman–Crippen LogP) is 2.18. The van der Waals surface area contributed by atoms with Crippen molar-refractivity contribution in [3.63, 3.8) is 0 Å². The van der Waals surface area contributed by atoms with Crippen LogP contribution in [0.5, 0.6) is 0 Å². The summed E-state index contributed by atoms with van der Waals surface area (Å²) >= 11 is 0. The monoisotopic (exact) mass is 267 g/mol. The van der Waals surface area contributed by atoms with E-state index in [0.29, 0.717) is 5.41 Å². The summed E-state index contributed by atoms with van der Waals surface area (Å²) in [5, 5.41) is 3.69. The molecule has 0 spiro atoms. The van der Waals surface area contributed by atoms with Crippen molar-refractivity contribution in [1.82, 2.24) is 15.1 Å². The summed E-state index contributed by atoms with van der Waals surface area (Å²) in [6.07, 6.45) is 5.47. The van der Waals surface area contributed by atoms with Gasteiger partial charge < -0.3 is 15.1 Å². The predicted molar refractivity (Wildman–Crippen MR) is 82.6 cm³/mol. The van der Waals surface area contributed by atoms with Crippen molar-refractivity contribution in [1.29, 1.82) is 0 Å². The summed E-state index contributed by atoms with van der Waals surface area (Å²) in [6, 6.07) is 1.63. The average molecular weight is 267 g/mol. The Morgan fingerprint density at radius 3 is 2.32 bits per heavy atom. The van der Waals surface area contributed by atoms with Crippen LogP contribution in [0.4, 0.5) is 0 Å². The Hall–Kier alpha value is -0.120. The van der Waals surface area contributed by atoms with Gasteiger partial charge in [0, 0.05) is 25.2 Å². The number of hydrogen-bond donors (Lipinski definition) is 1. The summed E-state index contributed by atoms with van der Waals surface area (Å²) in [7, 11) is 2.32. The van der Waals surface area contributed by atoms with Crippen molar-refractivity contribution in [2.24, 2.45) is 5.41 Å². The van der Waals surface area contributed by atoms with Crippen LogP contribution in [0.25, 0.3) is 0 Å². The van der Waals surface area contributed by atoms with E-state index < -0.39 is 0 Å². The highest BCUT2D eigenvalue weighted by atomic mass is 15.2. The smallest absolute Gasteiger partial charge is 0.0117 e. The Bertz CT molecular complexity index is 265. The molecule has 3 nitrogen and oxygen atoms in total. The zero-order valence-electron chi connectivity index (χ0n) is 13.4. The van der Waals surface area contributed by atoms with E-state index in [4.69, 9.17) is 0 Å². The third-order valence-corrected chi connectivity index (χ3v) is 4.75. The van der Waals surface area contributed by atoms with E-state index in [1.54, 1.807) is 0 Å². The van der Waals surface area contributed by atoms with Gasteiger partial charge in [0.15, 0.2) is 0 Å². The number of nitrogens with one attached hydrogen (secondary N) is 1. The lowest BCUT2D eigenvalue weighted by Gasteiger charge is -2.40. The van der Waals surface area contributed by atoms with E-state index in [-0.39, 0.29) is 0 Å². The molecule has 0 aromatic carbocycles. The molecule has 1 N–H and O–H groups in total. The average Bonchev–Trinajstić information content (AvgIpc) is 3.20. The first-order valence-corrected chi connectivity index (χ1v) is 8.16. The maximum absolute atomic E-state index is 3.69. The molecule has 112 valence electrons. The van der Waals surface area contributed by atoms with Crippen LogP contribution in [0.3, 0.4) is 0 Å². The van der Waals surface area contributed by atoms with Crippen LogP contribution < -0.4 is 5.32 Å². The van der Waals surface area contributed by atoms with E-state index in [1.165, 1.54) is 51.9 Å². The van der Waals surface area contributed by atoms with Crippen molar-refractivity contribution in [2.45, 2.75) is 58.5 Å². The molecule has 1 saturated heterocycles. The van der Waals surface area contributed by atoms with Crippen LogP contribution in [0, 0.1) is 5.41 Å². The summed E-state index contributed by atoms with van der Waals surface area (Å²) < 4.78 is 0. The Balaban J connectivity index is 1.71. The number of piperidine rings is 1. The lowest BCUT2D eigenvalue weighted by molar-refractivity contribution is 0.0984. The fourth-order valence-electron chi connectivity index (χ4n) is 3.24. The molecule has 0 unspecified atom stereocenters. The molecule has 1 heterocycles. The first-order chi connectivity index (χ1) is 9.00. The van der Waals surface area contributed by atoms with Crippen LogP contribution >= 0.6 is 0 Å². The zero-order chi connectivity index (χ0) is 13.9. The minimum Gasteiger partial charge on any atom is -0.313 e. The van der Waals surface area contributed by atoms with E-state index in [9.17, 15) is 0 Å². The molecular weight excluding hydrogens is 234 g/mol. The standard InChI is InChI=1S/C16H33N3/c1-5-19-10-8-15(9-11-19)18(4)13-16(2,3)12-17-14-6-7-14/h14-15,17H,5-13H2,1-4H3. The van der Waals surface area contributed by atoms with Gasteiger partial charge in [0.25, 0.3) is 0 Å². The zero-order valence-corrected chi connectivity index (χ0v) is 13.4.